The van der Waals surface area contributed by atoms with Crippen LogP contribution in [-0.2, 0) is 4.79 Å². The van der Waals surface area contributed by atoms with E-state index in [1.165, 1.54) is 18.4 Å². The van der Waals surface area contributed by atoms with Crippen molar-refractivity contribution < 1.29 is 4.79 Å². The molecule has 2 rings (SSSR count). The second-order valence-electron chi connectivity index (χ2n) is 3.93. The lowest BCUT2D eigenvalue weighted by molar-refractivity contribution is -0.115. The molecule has 1 heteroatoms. The lowest BCUT2D eigenvalue weighted by atomic mass is 10.0. The fraction of sp³-hybridized carbons (Fsp3) is 0.583. The lowest BCUT2D eigenvalue weighted by Crippen LogP contribution is -2.01. The Bertz CT molecular complexity index is 271. The SMILES string of the molecule is O=C1CCCC/C=C/C2=C1CCC2. The molecule has 1 nitrogen and oxygen atoms in total. The van der Waals surface area contributed by atoms with Gasteiger partial charge >= 0.3 is 0 Å². The van der Waals surface area contributed by atoms with Crippen molar-refractivity contribution in [1.29, 1.82) is 0 Å². The van der Waals surface area contributed by atoms with Crippen LogP contribution in [0, 0.1) is 0 Å². The fourth-order valence-electron chi connectivity index (χ4n) is 2.19. The monoisotopic (exact) mass is 176 g/mol. The number of allylic oxidation sites excluding steroid dienone is 4. The molecular formula is C12H16O. The molecule has 0 unspecified atom stereocenters. The predicted octanol–water partition coefficient (Wildman–Crippen LogP) is 3.17. The molecule has 70 valence electrons. The quantitative estimate of drug-likeness (QED) is 0.554. The second-order valence-corrected chi connectivity index (χ2v) is 3.93. The van der Waals surface area contributed by atoms with E-state index >= 15 is 0 Å². The Balaban J connectivity index is 2.24. The van der Waals surface area contributed by atoms with Gasteiger partial charge in [0.1, 0.15) is 0 Å². The Labute approximate surface area is 79.5 Å². The first-order valence-electron chi connectivity index (χ1n) is 5.30. The van der Waals surface area contributed by atoms with Crippen molar-refractivity contribution in [3.05, 3.63) is 23.3 Å². The molecule has 0 fully saturated rings. The Morgan fingerprint density at radius 1 is 1.00 bits per heavy atom. The summed E-state index contributed by atoms with van der Waals surface area (Å²) in [6.07, 6.45) is 11.9. The molecule has 0 aliphatic heterocycles. The van der Waals surface area contributed by atoms with Crippen LogP contribution in [-0.4, -0.2) is 5.78 Å². The van der Waals surface area contributed by atoms with E-state index in [0.717, 1.165) is 37.7 Å². The molecule has 0 N–H and O–H groups in total. The van der Waals surface area contributed by atoms with Crippen LogP contribution >= 0.6 is 0 Å². The number of ketones is 1. The van der Waals surface area contributed by atoms with E-state index in [9.17, 15) is 4.79 Å². The molecule has 0 bridgehead atoms. The molecule has 2 aliphatic rings. The minimum atomic E-state index is 0.416. The third kappa shape index (κ3) is 1.90. The van der Waals surface area contributed by atoms with Crippen LogP contribution in [0.5, 0.6) is 0 Å². The summed E-state index contributed by atoms with van der Waals surface area (Å²) in [6, 6.07) is 0. The Morgan fingerprint density at radius 2 is 1.92 bits per heavy atom. The molecular weight excluding hydrogens is 160 g/mol. The molecule has 13 heavy (non-hydrogen) atoms. The van der Waals surface area contributed by atoms with Gasteiger partial charge in [0, 0.05) is 6.42 Å². The van der Waals surface area contributed by atoms with E-state index in [1.54, 1.807) is 0 Å². The summed E-state index contributed by atoms with van der Waals surface area (Å²) in [7, 11) is 0. The smallest absolute Gasteiger partial charge is 0.159 e. The van der Waals surface area contributed by atoms with Gasteiger partial charge in [-0.2, -0.15) is 0 Å². The van der Waals surface area contributed by atoms with E-state index < -0.39 is 0 Å². The maximum atomic E-state index is 11.7. The first-order valence-corrected chi connectivity index (χ1v) is 5.30. The molecule has 0 saturated heterocycles. The van der Waals surface area contributed by atoms with Crippen LogP contribution in [0.2, 0.25) is 0 Å². The summed E-state index contributed by atoms with van der Waals surface area (Å²) in [4.78, 5) is 11.7. The molecule has 0 heterocycles. The summed E-state index contributed by atoms with van der Waals surface area (Å²) in [5, 5.41) is 0. The van der Waals surface area contributed by atoms with E-state index in [2.05, 4.69) is 12.2 Å². The molecule has 0 aromatic rings. The van der Waals surface area contributed by atoms with E-state index in [4.69, 9.17) is 0 Å². The van der Waals surface area contributed by atoms with Crippen molar-refractivity contribution in [2.24, 2.45) is 0 Å². The van der Waals surface area contributed by atoms with Crippen LogP contribution in [0.1, 0.15) is 44.9 Å². The first-order chi connectivity index (χ1) is 6.38. The number of hydrogen-bond acceptors (Lipinski definition) is 1. The van der Waals surface area contributed by atoms with Gasteiger partial charge in [-0.15, -0.1) is 0 Å². The highest BCUT2D eigenvalue weighted by atomic mass is 16.1. The van der Waals surface area contributed by atoms with Gasteiger partial charge in [0.25, 0.3) is 0 Å². The van der Waals surface area contributed by atoms with E-state index in [-0.39, 0.29) is 0 Å². The van der Waals surface area contributed by atoms with E-state index in [0.29, 0.717) is 5.78 Å². The summed E-state index contributed by atoms with van der Waals surface area (Å²) >= 11 is 0. The molecule has 0 spiro atoms. The third-order valence-corrected chi connectivity index (χ3v) is 2.94. The largest absolute Gasteiger partial charge is 0.295 e. The van der Waals surface area contributed by atoms with Gasteiger partial charge in [-0.1, -0.05) is 12.2 Å². The maximum Gasteiger partial charge on any atom is 0.159 e. The molecule has 2 aliphatic carbocycles. The number of hydrogen-bond donors (Lipinski definition) is 0. The predicted molar refractivity (Wildman–Crippen MR) is 53.5 cm³/mol. The van der Waals surface area contributed by atoms with Gasteiger partial charge in [0.05, 0.1) is 0 Å². The van der Waals surface area contributed by atoms with Gasteiger partial charge in [-0.05, 0) is 49.7 Å². The summed E-state index contributed by atoms with van der Waals surface area (Å²) in [5.41, 5.74) is 2.46. The number of Topliss-reactive ketones (excluding diaryl/α,β-unsaturated/α-hetero) is 1. The van der Waals surface area contributed by atoms with Crippen molar-refractivity contribution >= 4 is 5.78 Å². The normalized spacial score (nSPS) is 26.3. The van der Waals surface area contributed by atoms with Crippen molar-refractivity contribution in [1.82, 2.24) is 0 Å². The third-order valence-electron chi connectivity index (χ3n) is 2.94. The number of carbonyl (C=O) groups is 1. The van der Waals surface area contributed by atoms with Crippen LogP contribution in [0.15, 0.2) is 23.3 Å². The fourth-order valence-corrected chi connectivity index (χ4v) is 2.19. The molecule has 0 aromatic carbocycles. The zero-order chi connectivity index (χ0) is 9.10. The Hall–Kier alpha value is -0.850. The molecule has 0 saturated carbocycles. The van der Waals surface area contributed by atoms with Crippen molar-refractivity contribution in [3.63, 3.8) is 0 Å². The second kappa shape index (κ2) is 3.91. The van der Waals surface area contributed by atoms with Crippen LogP contribution in [0.4, 0.5) is 0 Å². The highest BCUT2D eigenvalue weighted by Crippen LogP contribution is 2.29. The average Bonchev–Trinajstić information content (AvgIpc) is 2.58. The number of carbonyl (C=O) groups excluding carboxylic acids is 1. The maximum absolute atomic E-state index is 11.7. The first kappa shape index (κ1) is 8.74. The highest BCUT2D eigenvalue weighted by Gasteiger charge is 2.18. The van der Waals surface area contributed by atoms with E-state index in [1.807, 2.05) is 0 Å². The Kier molecular flexibility index (Phi) is 2.62. The van der Waals surface area contributed by atoms with Gasteiger partial charge in [0.15, 0.2) is 5.78 Å². The Morgan fingerprint density at radius 3 is 2.85 bits per heavy atom. The summed E-state index contributed by atoms with van der Waals surface area (Å²) in [6.45, 7) is 0. The topological polar surface area (TPSA) is 17.1 Å². The minimum absolute atomic E-state index is 0.416. The zero-order valence-electron chi connectivity index (χ0n) is 8.01. The summed E-state index contributed by atoms with van der Waals surface area (Å²) in [5.74, 6) is 0.416. The average molecular weight is 176 g/mol. The van der Waals surface area contributed by atoms with Crippen LogP contribution in [0.25, 0.3) is 0 Å². The van der Waals surface area contributed by atoms with Crippen LogP contribution in [0.3, 0.4) is 0 Å². The number of rotatable bonds is 0. The molecule has 0 atom stereocenters. The van der Waals surface area contributed by atoms with Crippen molar-refractivity contribution in [3.8, 4) is 0 Å². The zero-order valence-corrected chi connectivity index (χ0v) is 8.01. The minimum Gasteiger partial charge on any atom is -0.295 e. The molecule has 0 amide bonds. The standard InChI is InChI=1S/C12H16O/c13-12-9-4-2-1-3-6-10-7-5-8-11(10)12/h3,6H,1-2,4-5,7-9H2/b6-3+. The summed E-state index contributed by atoms with van der Waals surface area (Å²) < 4.78 is 0. The van der Waals surface area contributed by atoms with Gasteiger partial charge in [-0.3, -0.25) is 4.79 Å². The highest BCUT2D eigenvalue weighted by molar-refractivity contribution is 5.97. The van der Waals surface area contributed by atoms with Gasteiger partial charge in [-0.25, -0.2) is 0 Å². The van der Waals surface area contributed by atoms with Gasteiger partial charge in [0.2, 0.25) is 0 Å². The lowest BCUT2D eigenvalue weighted by Gasteiger charge is -2.00. The van der Waals surface area contributed by atoms with Crippen molar-refractivity contribution in [2.75, 3.05) is 0 Å². The van der Waals surface area contributed by atoms with Crippen LogP contribution < -0.4 is 0 Å². The van der Waals surface area contributed by atoms with Crippen molar-refractivity contribution in [2.45, 2.75) is 44.9 Å². The van der Waals surface area contributed by atoms with Gasteiger partial charge < -0.3 is 0 Å². The molecule has 0 radical (unpaired) electrons. The molecule has 0 aromatic heterocycles.